The van der Waals surface area contributed by atoms with Crippen LogP contribution in [0.25, 0.3) is 0 Å². The van der Waals surface area contributed by atoms with Crippen LogP contribution in [0.1, 0.15) is 12.8 Å². The Morgan fingerprint density at radius 2 is 2.30 bits per heavy atom. The number of amides is 1. The number of likely N-dealkylation sites (N-methyl/N-ethyl adjacent to an activating group) is 1. The van der Waals surface area contributed by atoms with Crippen LogP contribution in [0.4, 0.5) is 5.82 Å². The largest absolute Gasteiger partial charge is 0.308 e. The highest BCUT2D eigenvalue weighted by molar-refractivity contribution is 5.94. The van der Waals surface area contributed by atoms with Gasteiger partial charge in [-0.25, -0.2) is 0 Å². The molecule has 2 heterocycles. The van der Waals surface area contributed by atoms with Crippen molar-refractivity contribution in [2.45, 2.75) is 25.4 Å². The van der Waals surface area contributed by atoms with E-state index in [0.29, 0.717) is 5.82 Å². The lowest BCUT2D eigenvalue weighted by Crippen LogP contribution is -2.35. The van der Waals surface area contributed by atoms with Gasteiger partial charge in [0.2, 0.25) is 5.91 Å². The fourth-order valence-electron chi connectivity index (χ4n) is 1.98. The van der Waals surface area contributed by atoms with E-state index >= 15 is 0 Å². The van der Waals surface area contributed by atoms with Crippen molar-refractivity contribution in [3.63, 3.8) is 0 Å². The fourth-order valence-corrected chi connectivity index (χ4v) is 1.98. The Hall–Kier alpha value is -0.820. The molecule has 1 aliphatic heterocycles. The van der Waals surface area contributed by atoms with Gasteiger partial charge in [-0.05, 0) is 33.5 Å². The predicted octanol–water partition coefficient (Wildman–Crippen LogP) is 0.979. The van der Waals surface area contributed by atoms with Crippen molar-refractivity contribution in [3.8, 4) is 0 Å². The van der Waals surface area contributed by atoms with Gasteiger partial charge in [0, 0.05) is 18.8 Å². The minimum absolute atomic E-state index is 0. The molecule has 2 N–H and O–H groups in total. The Morgan fingerprint density at radius 1 is 1.55 bits per heavy atom. The minimum Gasteiger partial charge on any atom is -0.308 e. The number of carbonyl (C=O) groups is 1. The lowest BCUT2D eigenvalue weighted by atomic mass is 10.2. The van der Waals surface area contributed by atoms with Gasteiger partial charge in [-0.1, -0.05) is 0 Å². The van der Waals surface area contributed by atoms with E-state index in [1.54, 1.807) is 0 Å². The lowest BCUT2D eigenvalue weighted by molar-refractivity contribution is -0.117. The van der Waals surface area contributed by atoms with Crippen molar-refractivity contribution in [3.05, 3.63) is 12.3 Å². The number of hydrogen-bond donors (Lipinski definition) is 2. The second kappa shape index (κ2) is 9.18. The van der Waals surface area contributed by atoms with Crippen LogP contribution in [0.2, 0.25) is 0 Å². The summed E-state index contributed by atoms with van der Waals surface area (Å²) in [4.78, 5) is 14.0. The SMILES string of the molecule is CN(C)CCn1ccc(NC(=O)C2CCCN2)n1.Cl.Cl. The molecule has 8 heteroatoms. The Balaban J connectivity index is 0.00000180. The Kier molecular flexibility index (Phi) is 8.80. The van der Waals surface area contributed by atoms with Crippen molar-refractivity contribution in [1.29, 1.82) is 0 Å². The molecule has 0 aliphatic carbocycles. The maximum Gasteiger partial charge on any atom is 0.242 e. The van der Waals surface area contributed by atoms with E-state index in [1.807, 2.05) is 31.0 Å². The summed E-state index contributed by atoms with van der Waals surface area (Å²) in [6.07, 6.45) is 3.86. The van der Waals surface area contributed by atoms with Gasteiger partial charge in [-0.3, -0.25) is 9.48 Å². The molecular weight excluding hydrogens is 301 g/mol. The van der Waals surface area contributed by atoms with Gasteiger partial charge in [0.15, 0.2) is 5.82 Å². The number of nitrogens with one attached hydrogen (secondary N) is 2. The standard InChI is InChI=1S/C12H21N5O.2ClH/c1-16(2)8-9-17-7-5-11(15-17)14-12(18)10-4-3-6-13-10;;/h5,7,10,13H,3-4,6,8-9H2,1-2H3,(H,14,15,18);2*1H. The first-order chi connectivity index (χ1) is 8.65. The quantitative estimate of drug-likeness (QED) is 0.848. The van der Waals surface area contributed by atoms with E-state index in [-0.39, 0.29) is 36.8 Å². The zero-order valence-electron chi connectivity index (χ0n) is 11.8. The van der Waals surface area contributed by atoms with Gasteiger partial charge in [-0.2, -0.15) is 5.10 Å². The first-order valence-electron chi connectivity index (χ1n) is 6.37. The molecule has 1 atom stereocenters. The minimum atomic E-state index is -0.0584. The average Bonchev–Trinajstić information content (AvgIpc) is 2.97. The highest BCUT2D eigenvalue weighted by Crippen LogP contribution is 2.09. The van der Waals surface area contributed by atoms with Gasteiger partial charge < -0.3 is 15.5 Å². The molecule has 0 spiro atoms. The van der Waals surface area contributed by atoms with E-state index in [2.05, 4.69) is 20.6 Å². The van der Waals surface area contributed by atoms with Crippen molar-refractivity contribution in [2.75, 3.05) is 32.5 Å². The second-order valence-electron chi connectivity index (χ2n) is 4.91. The average molecular weight is 324 g/mol. The molecular formula is C12H23Cl2N5O. The van der Waals surface area contributed by atoms with Gasteiger partial charge in [0.25, 0.3) is 0 Å². The van der Waals surface area contributed by atoms with Crippen molar-refractivity contribution < 1.29 is 4.79 Å². The first kappa shape index (κ1) is 19.2. The molecule has 0 bridgehead atoms. The van der Waals surface area contributed by atoms with E-state index in [4.69, 9.17) is 0 Å². The summed E-state index contributed by atoms with van der Waals surface area (Å²) in [5.74, 6) is 0.651. The number of halogens is 2. The summed E-state index contributed by atoms with van der Waals surface area (Å²) in [7, 11) is 4.05. The van der Waals surface area contributed by atoms with Gasteiger partial charge >= 0.3 is 0 Å². The summed E-state index contributed by atoms with van der Waals surface area (Å²) < 4.78 is 1.84. The number of anilines is 1. The molecule has 1 unspecified atom stereocenters. The van der Waals surface area contributed by atoms with E-state index in [9.17, 15) is 4.79 Å². The molecule has 6 nitrogen and oxygen atoms in total. The second-order valence-corrected chi connectivity index (χ2v) is 4.91. The number of carbonyl (C=O) groups excluding carboxylic acids is 1. The molecule has 0 saturated carbocycles. The van der Waals surface area contributed by atoms with Crippen LogP contribution in [0.5, 0.6) is 0 Å². The zero-order chi connectivity index (χ0) is 13.0. The van der Waals surface area contributed by atoms with Gasteiger partial charge in [-0.15, -0.1) is 24.8 Å². The fraction of sp³-hybridized carbons (Fsp3) is 0.667. The molecule has 116 valence electrons. The highest BCUT2D eigenvalue weighted by Gasteiger charge is 2.22. The number of aromatic nitrogens is 2. The molecule has 2 rings (SSSR count). The third kappa shape index (κ3) is 5.66. The smallest absolute Gasteiger partial charge is 0.242 e. The van der Waals surface area contributed by atoms with Crippen molar-refractivity contribution in [2.24, 2.45) is 0 Å². The van der Waals surface area contributed by atoms with Crippen LogP contribution in [-0.4, -0.2) is 53.8 Å². The number of rotatable bonds is 5. The first-order valence-corrected chi connectivity index (χ1v) is 6.37. The van der Waals surface area contributed by atoms with Crippen LogP contribution in [0, 0.1) is 0 Å². The highest BCUT2D eigenvalue weighted by atomic mass is 35.5. The summed E-state index contributed by atoms with van der Waals surface area (Å²) in [5, 5.41) is 10.3. The molecule has 0 aromatic carbocycles. The van der Waals surface area contributed by atoms with Gasteiger partial charge in [0.1, 0.15) is 0 Å². The van der Waals surface area contributed by atoms with Crippen LogP contribution >= 0.6 is 24.8 Å². The Labute approximate surface area is 132 Å². The normalized spacial score (nSPS) is 17.4. The molecule has 1 saturated heterocycles. The number of nitrogens with zero attached hydrogens (tertiary/aromatic N) is 3. The monoisotopic (exact) mass is 323 g/mol. The van der Waals surface area contributed by atoms with Crippen LogP contribution in [0.15, 0.2) is 12.3 Å². The molecule has 0 radical (unpaired) electrons. The maximum absolute atomic E-state index is 11.9. The maximum atomic E-state index is 11.9. The van der Waals surface area contributed by atoms with Crippen LogP contribution < -0.4 is 10.6 Å². The topological polar surface area (TPSA) is 62.2 Å². The van der Waals surface area contributed by atoms with Crippen molar-refractivity contribution in [1.82, 2.24) is 20.0 Å². The Bertz CT molecular complexity index is 404. The van der Waals surface area contributed by atoms with E-state index in [0.717, 1.165) is 32.5 Å². The van der Waals surface area contributed by atoms with Gasteiger partial charge in [0.05, 0.1) is 12.6 Å². The molecule has 1 fully saturated rings. The summed E-state index contributed by atoms with van der Waals surface area (Å²) in [6, 6.07) is 1.78. The molecule has 1 aliphatic rings. The van der Waals surface area contributed by atoms with E-state index in [1.165, 1.54) is 0 Å². The third-order valence-electron chi connectivity index (χ3n) is 3.05. The van der Waals surface area contributed by atoms with Crippen molar-refractivity contribution >= 4 is 36.5 Å². The van der Waals surface area contributed by atoms with Crippen LogP contribution in [0.3, 0.4) is 0 Å². The molecule has 1 aromatic rings. The third-order valence-corrected chi connectivity index (χ3v) is 3.05. The molecule has 1 amide bonds. The number of hydrogen-bond acceptors (Lipinski definition) is 4. The van der Waals surface area contributed by atoms with E-state index < -0.39 is 0 Å². The predicted molar refractivity (Wildman–Crippen MR) is 84.9 cm³/mol. The Morgan fingerprint density at radius 3 is 2.90 bits per heavy atom. The summed E-state index contributed by atoms with van der Waals surface area (Å²) >= 11 is 0. The summed E-state index contributed by atoms with van der Waals surface area (Å²) in [6.45, 7) is 2.68. The lowest BCUT2D eigenvalue weighted by Gasteiger charge is -2.10. The van der Waals surface area contributed by atoms with Crippen LogP contribution in [-0.2, 0) is 11.3 Å². The molecule has 20 heavy (non-hydrogen) atoms. The molecule has 1 aromatic heterocycles. The summed E-state index contributed by atoms with van der Waals surface area (Å²) in [5.41, 5.74) is 0. The zero-order valence-corrected chi connectivity index (χ0v) is 13.5.